The largest absolute Gasteiger partial charge is 0.478 e. The Hall–Kier alpha value is -4.71. The number of aliphatic imine (C=N–C) groups is 1. The van der Waals surface area contributed by atoms with E-state index in [2.05, 4.69) is 10.3 Å². The molecule has 1 saturated heterocycles. The monoisotopic (exact) mass is 479 g/mol. The highest BCUT2D eigenvalue weighted by Crippen LogP contribution is 2.33. The summed E-state index contributed by atoms with van der Waals surface area (Å²) in [6.07, 6.45) is 1.43. The Kier molecular flexibility index (Phi) is 5.97. The molecule has 0 saturated carbocycles. The maximum absolute atomic E-state index is 12.3. The number of thioether (sulfide) groups is 1. The lowest BCUT2D eigenvalue weighted by Crippen LogP contribution is -2.19. The minimum absolute atomic E-state index is 0.0398. The molecule has 4 rings (SSSR count). The van der Waals surface area contributed by atoms with Gasteiger partial charge in [0.15, 0.2) is 5.17 Å². The average Bonchev–Trinajstić information content (AvgIpc) is 3.40. The van der Waals surface area contributed by atoms with E-state index in [1.54, 1.807) is 30.3 Å². The van der Waals surface area contributed by atoms with Crippen LogP contribution in [0.4, 0.5) is 11.4 Å². The molecule has 2 aromatic carbocycles. The highest BCUT2D eigenvalue weighted by atomic mass is 32.2. The zero-order chi connectivity index (χ0) is 24.4. The van der Waals surface area contributed by atoms with Gasteiger partial charge in [-0.2, -0.15) is 0 Å². The number of rotatable bonds is 6. The normalized spacial score (nSPS) is 15.5. The number of hydrogen-bond donors (Lipinski definition) is 3. The van der Waals surface area contributed by atoms with E-state index >= 15 is 0 Å². The van der Waals surface area contributed by atoms with Crippen LogP contribution in [0.15, 0.2) is 68.9 Å². The van der Waals surface area contributed by atoms with Gasteiger partial charge in [0.05, 0.1) is 32.2 Å². The summed E-state index contributed by atoms with van der Waals surface area (Å²) in [4.78, 5) is 49.9. The molecule has 0 atom stereocenters. The van der Waals surface area contributed by atoms with Crippen molar-refractivity contribution in [2.24, 2.45) is 4.99 Å². The number of aromatic carboxylic acids is 2. The van der Waals surface area contributed by atoms with Crippen molar-refractivity contribution in [2.75, 3.05) is 0 Å². The zero-order valence-corrected chi connectivity index (χ0v) is 17.7. The third-order valence-electron chi connectivity index (χ3n) is 4.56. The number of amidine groups is 1. The minimum Gasteiger partial charge on any atom is -0.478 e. The molecule has 0 unspecified atom stereocenters. The van der Waals surface area contributed by atoms with Gasteiger partial charge in [-0.25, -0.2) is 14.6 Å². The van der Waals surface area contributed by atoms with Crippen molar-refractivity contribution >= 4 is 52.2 Å². The van der Waals surface area contributed by atoms with E-state index in [0.717, 1.165) is 17.8 Å². The number of amides is 1. The molecule has 0 bridgehead atoms. The number of carboxylic acid groups (broad SMARTS) is 2. The third kappa shape index (κ3) is 4.71. The van der Waals surface area contributed by atoms with Crippen LogP contribution in [0.5, 0.6) is 0 Å². The fraction of sp³-hybridized carbons (Fsp3) is 0. The van der Waals surface area contributed by atoms with E-state index in [9.17, 15) is 34.7 Å². The summed E-state index contributed by atoms with van der Waals surface area (Å²) in [5, 5.41) is 32.2. The molecule has 11 nitrogen and oxygen atoms in total. The molecule has 170 valence electrons. The fourth-order valence-electron chi connectivity index (χ4n) is 3.07. The van der Waals surface area contributed by atoms with Gasteiger partial charge in [0, 0.05) is 12.1 Å². The Balaban J connectivity index is 1.60. The van der Waals surface area contributed by atoms with Crippen molar-refractivity contribution in [1.29, 1.82) is 0 Å². The minimum atomic E-state index is -1.32. The van der Waals surface area contributed by atoms with Crippen LogP contribution in [0, 0.1) is 10.1 Å². The second-order valence-electron chi connectivity index (χ2n) is 6.84. The molecule has 3 aromatic rings. The molecule has 34 heavy (non-hydrogen) atoms. The van der Waals surface area contributed by atoms with Crippen molar-refractivity contribution in [1.82, 2.24) is 5.32 Å². The number of carbonyl (C=O) groups excluding carboxylic acids is 1. The summed E-state index contributed by atoms with van der Waals surface area (Å²) in [6.45, 7) is 0. The number of carboxylic acids is 2. The molecule has 3 N–H and O–H groups in total. The molecular formula is C22H13N3O8S. The zero-order valence-electron chi connectivity index (χ0n) is 16.9. The van der Waals surface area contributed by atoms with E-state index in [0.29, 0.717) is 0 Å². The number of nitrogens with one attached hydrogen (secondary N) is 1. The number of nitro groups is 1. The summed E-state index contributed by atoms with van der Waals surface area (Å²) in [7, 11) is 0. The Morgan fingerprint density at radius 2 is 1.74 bits per heavy atom. The molecular weight excluding hydrogens is 466 g/mol. The first-order chi connectivity index (χ1) is 16.2. The van der Waals surface area contributed by atoms with Gasteiger partial charge in [-0.15, -0.1) is 0 Å². The Morgan fingerprint density at radius 3 is 2.38 bits per heavy atom. The first-order valence-corrected chi connectivity index (χ1v) is 10.3. The number of hydrogen-bond acceptors (Lipinski definition) is 8. The summed E-state index contributed by atoms with van der Waals surface area (Å²) in [5.41, 5.74) is -0.318. The van der Waals surface area contributed by atoms with Gasteiger partial charge in [-0.05, 0) is 48.2 Å². The predicted molar refractivity (Wildman–Crippen MR) is 122 cm³/mol. The van der Waals surface area contributed by atoms with E-state index in [4.69, 9.17) is 4.42 Å². The van der Waals surface area contributed by atoms with E-state index in [1.807, 2.05) is 0 Å². The number of carbonyl (C=O) groups is 3. The summed E-state index contributed by atoms with van der Waals surface area (Å²) in [6, 6.07) is 12.6. The van der Waals surface area contributed by atoms with Crippen molar-refractivity contribution in [3.8, 4) is 11.3 Å². The number of benzene rings is 2. The van der Waals surface area contributed by atoms with Gasteiger partial charge in [0.25, 0.3) is 11.6 Å². The van der Waals surface area contributed by atoms with Crippen molar-refractivity contribution in [2.45, 2.75) is 0 Å². The van der Waals surface area contributed by atoms with Crippen LogP contribution in [-0.2, 0) is 4.79 Å². The first kappa shape index (κ1) is 22.5. The lowest BCUT2D eigenvalue weighted by atomic mass is 10.1. The van der Waals surface area contributed by atoms with Crippen molar-refractivity contribution < 1.29 is 33.9 Å². The Morgan fingerprint density at radius 1 is 1.06 bits per heavy atom. The van der Waals surface area contributed by atoms with Crippen molar-refractivity contribution in [3.05, 3.63) is 86.5 Å². The maximum atomic E-state index is 12.3. The third-order valence-corrected chi connectivity index (χ3v) is 5.47. The van der Waals surface area contributed by atoms with Gasteiger partial charge in [0.1, 0.15) is 11.5 Å². The molecule has 1 amide bonds. The second-order valence-corrected chi connectivity index (χ2v) is 7.87. The lowest BCUT2D eigenvalue weighted by molar-refractivity contribution is -0.384. The molecule has 1 aromatic heterocycles. The highest BCUT2D eigenvalue weighted by molar-refractivity contribution is 8.18. The maximum Gasteiger partial charge on any atom is 0.335 e. The smallest absolute Gasteiger partial charge is 0.335 e. The van der Waals surface area contributed by atoms with Gasteiger partial charge >= 0.3 is 11.9 Å². The predicted octanol–water partition coefficient (Wildman–Crippen LogP) is 4.14. The summed E-state index contributed by atoms with van der Waals surface area (Å²) >= 11 is 0.937. The van der Waals surface area contributed by atoms with Gasteiger partial charge in [-0.1, -0.05) is 12.1 Å². The summed E-state index contributed by atoms with van der Waals surface area (Å²) in [5.74, 6) is -2.61. The number of nitrogens with zero attached hydrogens (tertiary/aromatic N) is 2. The Bertz CT molecular complexity index is 1390. The number of para-hydroxylation sites is 1. The van der Waals surface area contributed by atoms with Gasteiger partial charge in [0.2, 0.25) is 0 Å². The first-order valence-electron chi connectivity index (χ1n) is 9.46. The van der Waals surface area contributed by atoms with E-state index in [1.165, 1.54) is 24.3 Å². The number of nitro benzene ring substituents is 1. The van der Waals surface area contributed by atoms with E-state index < -0.39 is 22.8 Å². The molecule has 1 fully saturated rings. The van der Waals surface area contributed by atoms with Gasteiger partial charge < -0.3 is 19.9 Å². The molecule has 0 radical (unpaired) electrons. The molecule has 12 heteroatoms. The lowest BCUT2D eigenvalue weighted by Gasteiger charge is -2.02. The SMILES string of the molecule is O=C1NC(=Nc2cc(C(=O)O)cc(C(=O)O)c2)S/C1=C/c1ccc(-c2ccccc2[N+](=O)[O-])o1. The number of furan rings is 1. The average molecular weight is 479 g/mol. The molecule has 2 heterocycles. The highest BCUT2D eigenvalue weighted by Gasteiger charge is 2.25. The van der Waals surface area contributed by atoms with E-state index in [-0.39, 0.29) is 49.7 Å². The van der Waals surface area contributed by atoms with Crippen LogP contribution in [0.2, 0.25) is 0 Å². The van der Waals surface area contributed by atoms with Crippen LogP contribution in [0.3, 0.4) is 0 Å². The molecule has 0 spiro atoms. The Labute approximate surface area is 194 Å². The van der Waals surface area contributed by atoms with Crippen molar-refractivity contribution in [3.63, 3.8) is 0 Å². The standard InChI is InChI=1S/C22H13N3O8S/c26-19-18(10-14-5-6-17(33-14)15-3-1-2-4-16(15)25(31)32)34-22(24-19)23-13-8-11(20(27)28)7-12(9-13)21(29)30/h1-10H,(H,27,28)(H,29,30)(H,23,24,26)/b18-10+. The molecule has 1 aliphatic rings. The van der Waals surface area contributed by atoms with Gasteiger partial charge in [-0.3, -0.25) is 14.9 Å². The summed E-state index contributed by atoms with van der Waals surface area (Å²) < 4.78 is 5.66. The fourth-order valence-corrected chi connectivity index (χ4v) is 3.89. The van der Waals surface area contributed by atoms with Crippen LogP contribution < -0.4 is 5.32 Å². The molecule has 0 aliphatic carbocycles. The topological polar surface area (TPSA) is 172 Å². The van der Waals surface area contributed by atoms with Crippen LogP contribution in [0.25, 0.3) is 17.4 Å². The van der Waals surface area contributed by atoms with Crippen LogP contribution in [-0.4, -0.2) is 38.1 Å². The van der Waals surface area contributed by atoms with Crippen LogP contribution >= 0.6 is 11.8 Å². The molecule has 1 aliphatic heterocycles. The van der Waals surface area contributed by atoms with Crippen LogP contribution in [0.1, 0.15) is 26.5 Å². The second kappa shape index (κ2) is 9.03. The quantitative estimate of drug-likeness (QED) is 0.267.